The first-order valence-corrected chi connectivity index (χ1v) is 10.7. The molecule has 156 valence electrons. The lowest BCUT2D eigenvalue weighted by Crippen LogP contribution is -2.47. The summed E-state index contributed by atoms with van der Waals surface area (Å²) < 4.78 is 15.3. The van der Waals surface area contributed by atoms with Crippen LogP contribution in [0.5, 0.6) is 0 Å². The molecule has 0 spiro atoms. The fraction of sp³-hybridized carbons (Fsp3) is 0.591. The average Bonchev–Trinajstić information content (AvgIpc) is 3.12. The normalized spacial score (nSPS) is 20.6. The SMILES string of the molecule is CC(C)CN1CCC(C(=O)NC2CCc3nnc(-c4ccc(F)cc4)n3C2)CC1. The second-order valence-electron chi connectivity index (χ2n) is 8.77. The molecule has 1 N–H and O–H groups in total. The van der Waals surface area contributed by atoms with Crippen LogP contribution in [0.1, 0.15) is 38.9 Å². The van der Waals surface area contributed by atoms with Gasteiger partial charge in [-0.1, -0.05) is 13.8 Å². The van der Waals surface area contributed by atoms with Crippen molar-refractivity contribution < 1.29 is 9.18 Å². The van der Waals surface area contributed by atoms with Crippen molar-refractivity contribution in [1.29, 1.82) is 0 Å². The molecule has 0 saturated carbocycles. The Morgan fingerprint density at radius 1 is 1.17 bits per heavy atom. The van der Waals surface area contributed by atoms with Gasteiger partial charge in [0.05, 0.1) is 0 Å². The van der Waals surface area contributed by atoms with Crippen LogP contribution in [-0.2, 0) is 17.8 Å². The third-order valence-electron chi connectivity index (χ3n) is 5.98. The molecular weight excluding hydrogens is 369 g/mol. The van der Waals surface area contributed by atoms with Gasteiger partial charge in [0, 0.05) is 37.0 Å². The topological polar surface area (TPSA) is 63.1 Å². The largest absolute Gasteiger partial charge is 0.351 e. The van der Waals surface area contributed by atoms with E-state index in [9.17, 15) is 9.18 Å². The molecule has 29 heavy (non-hydrogen) atoms. The lowest BCUT2D eigenvalue weighted by molar-refractivity contribution is -0.127. The van der Waals surface area contributed by atoms with E-state index >= 15 is 0 Å². The summed E-state index contributed by atoms with van der Waals surface area (Å²) in [5.74, 6) is 2.35. The molecule has 2 aromatic rings. The number of carbonyl (C=O) groups is 1. The summed E-state index contributed by atoms with van der Waals surface area (Å²) in [6, 6.07) is 6.40. The van der Waals surface area contributed by atoms with Crippen LogP contribution in [-0.4, -0.2) is 51.2 Å². The predicted molar refractivity (Wildman–Crippen MR) is 110 cm³/mol. The van der Waals surface area contributed by atoms with Crippen LogP contribution >= 0.6 is 0 Å². The Morgan fingerprint density at radius 2 is 1.90 bits per heavy atom. The maximum Gasteiger partial charge on any atom is 0.223 e. The number of carbonyl (C=O) groups excluding carboxylic acids is 1. The number of aryl methyl sites for hydroxylation is 1. The third kappa shape index (κ3) is 4.66. The fourth-order valence-electron chi connectivity index (χ4n) is 4.47. The number of aromatic nitrogens is 3. The summed E-state index contributed by atoms with van der Waals surface area (Å²) in [7, 11) is 0. The maximum atomic E-state index is 13.2. The van der Waals surface area contributed by atoms with Gasteiger partial charge in [0.1, 0.15) is 11.6 Å². The molecular formula is C22H30FN5O. The molecule has 2 aliphatic heterocycles. The minimum atomic E-state index is -0.267. The van der Waals surface area contributed by atoms with E-state index in [2.05, 4.69) is 38.8 Å². The number of nitrogens with one attached hydrogen (secondary N) is 1. The summed E-state index contributed by atoms with van der Waals surface area (Å²) >= 11 is 0. The number of benzene rings is 1. The molecule has 2 aliphatic rings. The van der Waals surface area contributed by atoms with Gasteiger partial charge in [-0.3, -0.25) is 4.79 Å². The molecule has 1 aromatic carbocycles. The summed E-state index contributed by atoms with van der Waals surface area (Å²) in [5.41, 5.74) is 0.842. The van der Waals surface area contributed by atoms with Gasteiger partial charge < -0.3 is 14.8 Å². The van der Waals surface area contributed by atoms with Crippen LogP contribution in [0.25, 0.3) is 11.4 Å². The molecule has 0 aliphatic carbocycles. The van der Waals surface area contributed by atoms with E-state index < -0.39 is 0 Å². The average molecular weight is 400 g/mol. The number of piperidine rings is 1. The van der Waals surface area contributed by atoms with Crippen molar-refractivity contribution in [3.05, 3.63) is 35.9 Å². The van der Waals surface area contributed by atoms with Crippen molar-refractivity contribution in [2.45, 2.75) is 52.1 Å². The summed E-state index contributed by atoms with van der Waals surface area (Å²) in [6.07, 6.45) is 3.53. The van der Waals surface area contributed by atoms with Gasteiger partial charge in [0.2, 0.25) is 5.91 Å². The molecule has 0 bridgehead atoms. The minimum absolute atomic E-state index is 0.0823. The first-order valence-electron chi connectivity index (χ1n) is 10.7. The van der Waals surface area contributed by atoms with Gasteiger partial charge >= 0.3 is 0 Å². The Bertz CT molecular complexity index is 839. The fourth-order valence-corrected chi connectivity index (χ4v) is 4.47. The number of fused-ring (bicyclic) bond motifs is 1. The lowest BCUT2D eigenvalue weighted by atomic mass is 9.94. The van der Waals surface area contributed by atoms with E-state index in [1.54, 1.807) is 12.1 Å². The standard InChI is InChI=1S/C22H30FN5O/c1-15(2)13-27-11-9-17(10-12-27)22(29)24-19-7-8-20-25-26-21(28(20)14-19)16-3-5-18(23)6-4-16/h3-6,15,17,19H,7-14H2,1-2H3,(H,24,29). The van der Waals surface area contributed by atoms with Crippen LogP contribution in [0, 0.1) is 17.7 Å². The number of hydrogen-bond donors (Lipinski definition) is 1. The van der Waals surface area contributed by atoms with E-state index in [-0.39, 0.29) is 23.7 Å². The Morgan fingerprint density at radius 3 is 2.59 bits per heavy atom. The Kier molecular flexibility index (Phi) is 5.94. The van der Waals surface area contributed by atoms with Gasteiger partial charge in [-0.2, -0.15) is 0 Å². The number of nitrogens with zero attached hydrogens (tertiary/aromatic N) is 4. The van der Waals surface area contributed by atoms with Crippen molar-refractivity contribution in [2.24, 2.45) is 11.8 Å². The predicted octanol–water partition coefficient (Wildman–Crippen LogP) is 2.88. The second-order valence-corrected chi connectivity index (χ2v) is 8.77. The van der Waals surface area contributed by atoms with E-state index in [4.69, 9.17) is 0 Å². The van der Waals surface area contributed by atoms with Crippen LogP contribution in [0.3, 0.4) is 0 Å². The quantitative estimate of drug-likeness (QED) is 0.840. The number of rotatable bonds is 5. The summed E-state index contributed by atoms with van der Waals surface area (Å²) in [6.45, 7) is 8.26. The number of likely N-dealkylation sites (tertiary alicyclic amines) is 1. The molecule has 7 heteroatoms. The van der Waals surface area contributed by atoms with Crippen LogP contribution in [0.4, 0.5) is 4.39 Å². The number of hydrogen-bond acceptors (Lipinski definition) is 4. The van der Waals surface area contributed by atoms with Gasteiger partial charge in [-0.25, -0.2) is 4.39 Å². The molecule has 1 atom stereocenters. The number of halogens is 1. The molecule has 4 rings (SSSR count). The second kappa shape index (κ2) is 8.61. The Balaban J connectivity index is 1.36. The Hall–Kier alpha value is -2.28. The highest BCUT2D eigenvalue weighted by molar-refractivity contribution is 5.79. The highest BCUT2D eigenvalue weighted by Crippen LogP contribution is 2.24. The highest BCUT2D eigenvalue weighted by Gasteiger charge is 2.29. The molecule has 0 radical (unpaired) electrons. The first-order chi connectivity index (χ1) is 14.0. The van der Waals surface area contributed by atoms with E-state index in [1.165, 1.54) is 12.1 Å². The molecule has 1 aromatic heterocycles. The molecule has 1 unspecified atom stereocenters. The van der Waals surface area contributed by atoms with Gasteiger partial charge in [-0.05, 0) is 62.5 Å². The van der Waals surface area contributed by atoms with Crippen molar-refractivity contribution in [2.75, 3.05) is 19.6 Å². The molecule has 1 amide bonds. The molecule has 6 nitrogen and oxygen atoms in total. The summed E-state index contributed by atoms with van der Waals surface area (Å²) in [5, 5.41) is 11.9. The van der Waals surface area contributed by atoms with E-state index in [0.717, 1.165) is 62.5 Å². The summed E-state index contributed by atoms with van der Waals surface area (Å²) in [4.78, 5) is 15.3. The first kappa shape index (κ1) is 20.0. The third-order valence-corrected chi connectivity index (χ3v) is 5.98. The van der Waals surface area contributed by atoms with Gasteiger partial charge in [0.15, 0.2) is 5.82 Å². The van der Waals surface area contributed by atoms with Crippen molar-refractivity contribution in [3.63, 3.8) is 0 Å². The van der Waals surface area contributed by atoms with Crippen LogP contribution in [0.15, 0.2) is 24.3 Å². The van der Waals surface area contributed by atoms with Crippen molar-refractivity contribution in [3.8, 4) is 11.4 Å². The lowest BCUT2D eigenvalue weighted by Gasteiger charge is -2.33. The van der Waals surface area contributed by atoms with Gasteiger partial charge in [0.25, 0.3) is 0 Å². The Labute approximate surface area is 171 Å². The zero-order valence-corrected chi connectivity index (χ0v) is 17.3. The monoisotopic (exact) mass is 399 g/mol. The van der Waals surface area contributed by atoms with E-state index in [1.807, 2.05) is 0 Å². The van der Waals surface area contributed by atoms with E-state index in [0.29, 0.717) is 12.5 Å². The van der Waals surface area contributed by atoms with Crippen LogP contribution in [0.2, 0.25) is 0 Å². The van der Waals surface area contributed by atoms with Gasteiger partial charge in [-0.15, -0.1) is 10.2 Å². The number of amides is 1. The van der Waals surface area contributed by atoms with Crippen molar-refractivity contribution in [1.82, 2.24) is 25.0 Å². The molecule has 3 heterocycles. The minimum Gasteiger partial charge on any atom is -0.351 e. The highest BCUT2D eigenvalue weighted by atomic mass is 19.1. The van der Waals surface area contributed by atoms with Crippen LogP contribution < -0.4 is 5.32 Å². The maximum absolute atomic E-state index is 13.2. The van der Waals surface area contributed by atoms with Crippen molar-refractivity contribution >= 4 is 5.91 Å². The zero-order valence-electron chi connectivity index (χ0n) is 17.3. The molecule has 1 fully saturated rings. The molecule has 1 saturated heterocycles. The zero-order chi connectivity index (χ0) is 20.4. The smallest absolute Gasteiger partial charge is 0.223 e.